The van der Waals surface area contributed by atoms with Gasteiger partial charge in [-0.3, -0.25) is 0 Å². The topological polar surface area (TPSA) is 12.9 Å². The number of nitrogens with zero attached hydrogens (tertiary/aromatic N) is 1. The van der Waals surface area contributed by atoms with Gasteiger partial charge < -0.3 is 0 Å². The first kappa shape index (κ1) is 6.36. The average Bonchev–Trinajstić information content (AvgIpc) is 2.59. The Morgan fingerprint density at radius 2 is 2.08 bits per heavy atom. The molecule has 0 atom stereocenters. The van der Waals surface area contributed by atoms with E-state index >= 15 is 0 Å². The summed E-state index contributed by atoms with van der Waals surface area (Å²) in [6.07, 6.45) is 3.75. The van der Waals surface area contributed by atoms with E-state index in [9.17, 15) is 0 Å². The Bertz CT molecular complexity index is 615. The van der Waals surface area contributed by atoms with Gasteiger partial charge in [0.15, 0.2) is 0 Å². The molecule has 3 aromatic rings. The van der Waals surface area contributed by atoms with E-state index in [0.717, 1.165) is 0 Å². The van der Waals surface area contributed by atoms with E-state index in [1.54, 1.807) is 0 Å². The number of benzene rings is 1. The third kappa shape index (κ3) is 1.03. The molecule has 0 spiro atoms. The summed E-state index contributed by atoms with van der Waals surface area (Å²) < 4.78 is 10.3. The van der Waals surface area contributed by atoms with E-state index in [0.29, 0.717) is 6.04 Å². The summed E-state index contributed by atoms with van der Waals surface area (Å²) in [7, 11) is 0. The van der Waals surface area contributed by atoms with Gasteiger partial charge in [0.1, 0.15) is 0 Å². The van der Waals surface area contributed by atoms with Crippen LogP contribution in [0, 0.1) is 0 Å². The molecule has 3 rings (SSSR count). The Kier molecular flexibility index (Phi) is 1.32. The quantitative estimate of drug-likeness (QED) is 0.543. The normalized spacial score (nSPS) is 12.2. The molecule has 0 bridgehead atoms. The molecule has 0 radical (unpaired) electrons. The molecule has 0 saturated heterocycles. The van der Waals surface area contributed by atoms with Crippen molar-refractivity contribution in [2.24, 2.45) is 0 Å². The molecule has 62 valence electrons. The van der Waals surface area contributed by atoms with Crippen LogP contribution in [0.4, 0.5) is 0 Å². The molecule has 0 fully saturated rings. The third-order valence-corrected chi connectivity index (χ3v) is 4.39. The van der Waals surface area contributed by atoms with Crippen molar-refractivity contribution in [3.05, 3.63) is 42.7 Å². The van der Waals surface area contributed by atoms with Crippen molar-refractivity contribution < 1.29 is 1.37 Å². The number of hydrogen-bond donors (Lipinski definition) is 0. The predicted molar refractivity (Wildman–Crippen MR) is 56.2 cm³/mol. The monoisotopic (exact) mass is 234 g/mol. The number of pyridine rings is 1. The van der Waals surface area contributed by atoms with Gasteiger partial charge >= 0.3 is 82.9 Å². The Balaban J connectivity index is 2.63. The van der Waals surface area contributed by atoms with Crippen LogP contribution >= 0.6 is 0 Å². The summed E-state index contributed by atoms with van der Waals surface area (Å²) in [5, 5.41) is 2.50. The van der Waals surface area contributed by atoms with Crippen LogP contribution in [0.5, 0.6) is 0 Å². The molecule has 0 aliphatic heterocycles. The Labute approximate surface area is 83.2 Å². The summed E-state index contributed by atoms with van der Waals surface area (Å²) in [5.74, 6) is 0. The van der Waals surface area contributed by atoms with Crippen LogP contribution < -0.4 is 0 Å². The molecular weight excluding hydrogens is 225 g/mol. The first-order valence-corrected chi connectivity index (χ1v) is 5.79. The molecule has 2 heteroatoms. The van der Waals surface area contributed by atoms with Crippen molar-refractivity contribution in [2.45, 2.75) is 0 Å². The third-order valence-electron chi connectivity index (χ3n) is 2.10. The molecule has 1 nitrogen and oxygen atoms in total. The summed E-state index contributed by atoms with van der Waals surface area (Å²) in [6, 6.07) is 8.62. The zero-order chi connectivity index (χ0) is 9.54. The molecule has 2 aromatic heterocycles. The van der Waals surface area contributed by atoms with Crippen LogP contribution in [0.2, 0.25) is 0 Å². The zero-order valence-electron chi connectivity index (χ0n) is 7.82. The van der Waals surface area contributed by atoms with Crippen LogP contribution in [0.1, 0.15) is 1.37 Å². The second kappa shape index (κ2) is 2.69. The van der Waals surface area contributed by atoms with Gasteiger partial charge in [0.2, 0.25) is 0 Å². The average molecular weight is 233 g/mol. The first-order valence-electron chi connectivity index (χ1n) is 4.58. The van der Waals surface area contributed by atoms with Crippen molar-refractivity contribution in [1.82, 2.24) is 4.98 Å². The number of hydrogen-bond acceptors (Lipinski definition) is 1. The Hall–Kier alpha value is -1.11. The number of fused-ring (bicyclic) bond motifs is 3. The van der Waals surface area contributed by atoms with Gasteiger partial charge in [-0.05, 0) is 0 Å². The molecule has 0 N–H and O–H groups in total. The van der Waals surface area contributed by atoms with Gasteiger partial charge in [-0.2, -0.15) is 0 Å². The fourth-order valence-electron chi connectivity index (χ4n) is 1.51. The summed E-state index contributed by atoms with van der Waals surface area (Å²) in [4.78, 5) is 4.12. The summed E-state index contributed by atoms with van der Waals surface area (Å²) >= 11 is 0.275. The van der Waals surface area contributed by atoms with Crippen molar-refractivity contribution in [2.75, 3.05) is 0 Å². The van der Waals surface area contributed by atoms with Crippen LogP contribution in [-0.2, 0) is 0 Å². The van der Waals surface area contributed by atoms with Crippen LogP contribution in [-0.4, -0.2) is 19.5 Å². The molecule has 0 aliphatic rings. The molecule has 0 aliphatic carbocycles. The standard InChI is InChI=1S/C11H7NSe/c1-2-4-10-8(3-1)9-5-6-12-7-11(9)13-10/h1-7H/i4D. The fourth-order valence-corrected chi connectivity index (χ4v) is 3.69. The van der Waals surface area contributed by atoms with Crippen molar-refractivity contribution in [3.63, 3.8) is 0 Å². The summed E-state index contributed by atoms with van der Waals surface area (Å²) in [6.45, 7) is 0. The molecular formula is C11H7NSe. The predicted octanol–water partition coefficient (Wildman–Crippen LogP) is 2.45. The van der Waals surface area contributed by atoms with Gasteiger partial charge in [-0.25, -0.2) is 0 Å². The van der Waals surface area contributed by atoms with Gasteiger partial charge in [0, 0.05) is 0 Å². The van der Waals surface area contributed by atoms with Gasteiger partial charge in [0.25, 0.3) is 0 Å². The van der Waals surface area contributed by atoms with Crippen molar-refractivity contribution in [1.29, 1.82) is 0 Å². The van der Waals surface area contributed by atoms with E-state index in [1.807, 2.05) is 30.6 Å². The number of rotatable bonds is 0. The molecule has 0 unspecified atom stereocenters. The van der Waals surface area contributed by atoms with Crippen LogP contribution in [0.3, 0.4) is 0 Å². The van der Waals surface area contributed by atoms with Crippen LogP contribution in [0.25, 0.3) is 19.3 Å². The maximum atomic E-state index is 7.82. The second-order valence-corrected chi connectivity index (χ2v) is 5.09. The zero-order valence-corrected chi connectivity index (χ0v) is 8.53. The molecule has 1 aromatic carbocycles. The molecule has 2 heterocycles. The minimum atomic E-state index is 0.275. The molecule has 0 amide bonds. The van der Waals surface area contributed by atoms with E-state index in [1.165, 1.54) is 19.3 Å². The summed E-state index contributed by atoms with van der Waals surface area (Å²) in [5.41, 5.74) is 0. The second-order valence-electron chi connectivity index (χ2n) is 2.89. The van der Waals surface area contributed by atoms with Crippen molar-refractivity contribution >= 4 is 33.8 Å². The van der Waals surface area contributed by atoms with E-state index in [4.69, 9.17) is 1.37 Å². The SMILES string of the molecule is [2H]c1cccc2c1[se]c1cnccc12. The maximum absolute atomic E-state index is 7.82. The van der Waals surface area contributed by atoms with Crippen molar-refractivity contribution in [3.8, 4) is 0 Å². The fraction of sp³-hybridized carbons (Fsp3) is 0. The molecule has 0 saturated carbocycles. The van der Waals surface area contributed by atoms with E-state index in [2.05, 4.69) is 11.1 Å². The van der Waals surface area contributed by atoms with Crippen LogP contribution in [0.15, 0.2) is 42.7 Å². The number of aromatic nitrogens is 1. The van der Waals surface area contributed by atoms with E-state index in [-0.39, 0.29) is 14.5 Å². The Morgan fingerprint density at radius 3 is 3.08 bits per heavy atom. The van der Waals surface area contributed by atoms with E-state index < -0.39 is 0 Å². The van der Waals surface area contributed by atoms with Gasteiger partial charge in [-0.1, -0.05) is 0 Å². The Morgan fingerprint density at radius 1 is 1.15 bits per heavy atom. The first-order chi connectivity index (χ1) is 6.86. The minimum absolute atomic E-state index is 0.275. The van der Waals surface area contributed by atoms with Gasteiger partial charge in [0.05, 0.1) is 0 Å². The van der Waals surface area contributed by atoms with Gasteiger partial charge in [-0.15, -0.1) is 0 Å². The molecule has 13 heavy (non-hydrogen) atoms.